The molecule has 0 radical (unpaired) electrons. The van der Waals surface area contributed by atoms with Gasteiger partial charge in [-0.1, -0.05) is 48.5 Å². The van der Waals surface area contributed by atoms with Crippen molar-refractivity contribution in [1.29, 1.82) is 0 Å². The molecule has 0 saturated carbocycles. The van der Waals surface area contributed by atoms with E-state index in [0.717, 1.165) is 28.7 Å². The number of rotatable bonds is 13. The van der Waals surface area contributed by atoms with E-state index in [9.17, 15) is 23.4 Å². The summed E-state index contributed by atoms with van der Waals surface area (Å²) < 4.78 is 30.5. The molecule has 38 heavy (non-hydrogen) atoms. The lowest BCUT2D eigenvalue weighted by atomic mass is 10.0. The maximum absolute atomic E-state index is 12.4. The second-order valence-electron chi connectivity index (χ2n) is 9.26. The number of amides is 1. The van der Waals surface area contributed by atoms with Gasteiger partial charge in [0.05, 0.1) is 31.6 Å². The smallest absolute Gasteiger partial charge is 0.229 e. The molecule has 3 aromatic rings. The molecule has 0 spiro atoms. The van der Waals surface area contributed by atoms with Crippen molar-refractivity contribution in [2.24, 2.45) is 0 Å². The Morgan fingerprint density at radius 2 is 1.71 bits per heavy atom. The monoisotopic (exact) mass is 541 g/mol. The average Bonchev–Trinajstić information content (AvgIpc) is 2.88. The number of nitrogens with one attached hydrogen (secondary N) is 3. The first-order valence-corrected chi connectivity index (χ1v) is 14.1. The molecule has 0 aliphatic heterocycles. The van der Waals surface area contributed by atoms with Gasteiger partial charge in [0, 0.05) is 24.7 Å². The number of aliphatic hydroxyl groups excluding tert-OH is 1. The fourth-order valence-corrected chi connectivity index (χ4v) is 4.55. The Balaban J connectivity index is 1.46. The zero-order valence-electron chi connectivity index (χ0n) is 21.8. The van der Waals surface area contributed by atoms with Gasteiger partial charge in [0.25, 0.3) is 0 Å². The van der Waals surface area contributed by atoms with Crippen LogP contribution in [0.5, 0.6) is 11.5 Å². The molecule has 2 atom stereocenters. The average molecular weight is 542 g/mol. The first-order valence-electron chi connectivity index (χ1n) is 12.2. The maximum atomic E-state index is 12.4. The Morgan fingerprint density at radius 3 is 2.39 bits per heavy atom. The molecule has 204 valence electrons. The van der Waals surface area contributed by atoms with Crippen molar-refractivity contribution in [1.82, 2.24) is 10.6 Å². The molecule has 3 aromatic carbocycles. The summed E-state index contributed by atoms with van der Waals surface area (Å²) in [6.07, 6.45) is 1.08. The summed E-state index contributed by atoms with van der Waals surface area (Å²) in [7, 11) is -1.96. The normalized spacial score (nSPS) is 12.9. The summed E-state index contributed by atoms with van der Waals surface area (Å²) in [5.41, 5.74) is 3.41. The third-order valence-corrected chi connectivity index (χ3v) is 6.55. The summed E-state index contributed by atoms with van der Waals surface area (Å²) in [5, 5.41) is 26.6. The van der Waals surface area contributed by atoms with Crippen molar-refractivity contribution in [3.63, 3.8) is 0 Å². The van der Waals surface area contributed by atoms with Crippen molar-refractivity contribution < 1.29 is 28.2 Å². The number of ether oxygens (including phenoxy) is 1. The van der Waals surface area contributed by atoms with E-state index in [1.54, 1.807) is 13.2 Å². The van der Waals surface area contributed by atoms with Gasteiger partial charge in [-0.05, 0) is 48.2 Å². The maximum Gasteiger partial charge on any atom is 0.229 e. The van der Waals surface area contributed by atoms with Crippen LogP contribution in [0.3, 0.4) is 0 Å². The molecule has 5 N–H and O–H groups in total. The van der Waals surface area contributed by atoms with Crippen molar-refractivity contribution in [3.05, 3.63) is 89.0 Å². The molecule has 0 aromatic heterocycles. The number of hydrogen-bond donors (Lipinski definition) is 5. The predicted molar refractivity (Wildman–Crippen MR) is 148 cm³/mol. The van der Waals surface area contributed by atoms with Gasteiger partial charge >= 0.3 is 0 Å². The minimum atomic E-state index is -3.56. The predicted octanol–water partition coefficient (Wildman–Crippen LogP) is 2.89. The summed E-state index contributed by atoms with van der Waals surface area (Å²) in [6.45, 7) is 2.64. The van der Waals surface area contributed by atoms with E-state index in [0.29, 0.717) is 18.5 Å². The third-order valence-electron chi connectivity index (χ3n) is 5.96. The van der Waals surface area contributed by atoms with Crippen molar-refractivity contribution in [2.45, 2.75) is 38.5 Å². The molecular weight excluding hydrogens is 506 g/mol. The molecule has 0 bridgehead atoms. The largest absolute Gasteiger partial charge is 0.506 e. The van der Waals surface area contributed by atoms with Gasteiger partial charge in [-0.2, -0.15) is 0 Å². The number of phenols is 1. The van der Waals surface area contributed by atoms with Crippen LogP contribution in [0.15, 0.2) is 66.7 Å². The standard InChI is InChI=1S/C28H35N3O6S/c1-19(29-18-26(33)22-12-13-25(32)24(16-22)31-38(3,35)36)14-20-8-10-21(11-9-20)15-28(34)30-17-23-6-4-5-7-27(23)37-2/h4-13,16,19,26,29,31-33H,14-15,17-18H2,1-3H3,(H,30,34)/t19-,26+/m1/s1. The zero-order chi connectivity index (χ0) is 27.7. The van der Waals surface area contributed by atoms with E-state index in [1.165, 1.54) is 12.1 Å². The number of carbonyl (C=O) groups excluding carboxylic acids is 1. The summed E-state index contributed by atoms with van der Waals surface area (Å²) in [5.74, 6) is 0.450. The number of carbonyl (C=O) groups is 1. The van der Waals surface area contributed by atoms with Crippen LogP contribution in [0.1, 0.15) is 35.3 Å². The highest BCUT2D eigenvalue weighted by molar-refractivity contribution is 7.92. The second kappa shape index (κ2) is 13.3. The van der Waals surface area contributed by atoms with Gasteiger partial charge in [0.2, 0.25) is 15.9 Å². The van der Waals surface area contributed by atoms with Crippen molar-refractivity contribution >= 4 is 21.6 Å². The highest BCUT2D eigenvalue weighted by Crippen LogP contribution is 2.27. The highest BCUT2D eigenvalue weighted by atomic mass is 32.2. The minimum Gasteiger partial charge on any atom is -0.506 e. The Morgan fingerprint density at radius 1 is 1.03 bits per heavy atom. The highest BCUT2D eigenvalue weighted by Gasteiger charge is 2.14. The minimum absolute atomic E-state index is 0.0191. The number of aliphatic hydroxyl groups is 1. The first-order chi connectivity index (χ1) is 18.0. The topological polar surface area (TPSA) is 137 Å². The number of hydrogen-bond acceptors (Lipinski definition) is 7. The van der Waals surface area contributed by atoms with Gasteiger partial charge in [0.15, 0.2) is 0 Å². The quantitative estimate of drug-likeness (QED) is 0.210. The van der Waals surface area contributed by atoms with Crippen LogP contribution in [0.4, 0.5) is 5.69 Å². The van der Waals surface area contributed by atoms with Gasteiger partial charge < -0.3 is 25.6 Å². The molecule has 9 nitrogen and oxygen atoms in total. The number of phenolic OH excluding ortho intramolecular Hbond substituents is 1. The number of methoxy groups -OCH3 is 1. The lowest BCUT2D eigenvalue weighted by Gasteiger charge is -2.18. The number of aromatic hydroxyl groups is 1. The van der Waals surface area contributed by atoms with Crippen molar-refractivity contribution in [2.75, 3.05) is 24.6 Å². The van der Waals surface area contributed by atoms with Gasteiger partial charge in [-0.15, -0.1) is 0 Å². The van der Waals surface area contributed by atoms with Crippen LogP contribution in [0, 0.1) is 0 Å². The number of sulfonamides is 1. The number of benzene rings is 3. The molecule has 0 unspecified atom stereocenters. The number of anilines is 1. The molecular formula is C28H35N3O6S. The van der Waals surface area contributed by atoms with Gasteiger partial charge in [-0.25, -0.2) is 8.42 Å². The van der Waals surface area contributed by atoms with Crippen LogP contribution in [0.2, 0.25) is 0 Å². The molecule has 1 amide bonds. The van der Waals surface area contributed by atoms with Crippen LogP contribution in [-0.4, -0.2) is 50.5 Å². The number of para-hydroxylation sites is 1. The Bertz CT molecular complexity index is 1330. The second-order valence-corrected chi connectivity index (χ2v) is 11.0. The third kappa shape index (κ3) is 9.05. The fourth-order valence-electron chi connectivity index (χ4n) is 3.98. The first kappa shape index (κ1) is 29.0. The summed E-state index contributed by atoms with van der Waals surface area (Å²) in [6, 6.07) is 19.8. The van der Waals surface area contributed by atoms with Crippen LogP contribution < -0.4 is 20.1 Å². The molecule has 0 heterocycles. The summed E-state index contributed by atoms with van der Waals surface area (Å²) >= 11 is 0. The zero-order valence-corrected chi connectivity index (χ0v) is 22.6. The summed E-state index contributed by atoms with van der Waals surface area (Å²) in [4.78, 5) is 12.4. The molecule has 0 fully saturated rings. The molecule has 0 saturated heterocycles. The Hall–Kier alpha value is -3.60. The van der Waals surface area contributed by atoms with Crippen LogP contribution in [0.25, 0.3) is 0 Å². The van der Waals surface area contributed by atoms with E-state index >= 15 is 0 Å². The molecule has 10 heteroatoms. The van der Waals surface area contributed by atoms with E-state index in [2.05, 4.69) is 15.4 Å². The van der Waals surface area contributed by atoms with Crippen molar-refractivity contribution in [3.8, 4) is 11.5 Å². The van der Waals surface area contributed by atoms with Gasteiger partial charge in [-0.3, -0.25) is 9.52 Å². The SMILES string of the molecule is COc1ccccc1CNC(=O)Cc1ccc(C[C@@H](C)NC[C@H](O)c2ccc(O)c(NS(C)(=O)=O)c2)cc1. The van der Waals surface area contributed by atoms with E-state index in [4.69, 9.17) is 4.74 Å². The van der Waals surface area contributed by atoms with E-state index < -0.39 is 16.1 Å². The molecule has 0 aliphatic carbocycles. The lowest BCUT2D eigenvalue weighted by molar-refractivity contribution is -0.120. The van der Waals surface area contributed by atoms with E-state index in [1.807, 2.05) is 55.5 Å². The molecule has 0 aliphatic rings. The van der Waals surface area contributed by atoms with Crippen LogP contribution in [-0.2, 0) is 34.2 Å². The van der Waals surface area contributed by atoms with E-state index in [-0.39, 0.29) is 36.4 Å². The Kier molecular flexibility index (Phi) is 10.1. The van der Waals surface area contributed by atoms with Crippen LogP contribution >= 0.6 is 0 Å². The molecule has 3 rings (SSSR count). The lowest BCUT2D eigenvalue weighted by Crippen LogP contribution is -2.32. The fraction of sp³-hybridized carbons (Fsp3) is 0.321. The van der Waals surface area contributed by atoms with Gasteiger partial charge in [0.1, 0.15) is 11.5 Å². The Labute approximate surface area is 223 Å².